The van der Waals surface area contributed by atoms with E-state index in [1.165, 1.54) is 5.56 Å². The van der Waals surface area contributed by atoms with Gasteiger partial charge in [-0.05, 0) is 43.7 Å². The Kier molecular flexibility index (Phi) is 6.18. The number of aliphatic hydroxyl groups is 1. The molecule has 0 spiro atoms. The van der Waals surface area contributed by atoms with E-state index in [1.54, 1.807) is 6.92 Å². The van der Waals surface area contributed by atoms with Crippen LogP contribution < -0.4 is 10.2 Å². The van der Waals surface area contributed by atoms with Crippen LogP contribution in [0, 0.1) is 0 Å². The summed E-state index contributed by atoms with van der Waals surface area (Å²) in [6.45, 7) is 5.75. The second-order valence-corrected chi connectivity index (χ2v) is 5.61. The average molecular weight is 312 g/mol. The first-order valence-electron chi connectivity index (χ1n) is 7.95. The molecule has 1 atom stereocenters. The van der Waals surface area contributed by atoms with Crippen molar-refractivity contribution in [1.82, 2.24) is 5.32 Å². The lowest BCUT2D eigenvalue weighted by molar-refractivity contribution is 0.0924. The summed E-state index contributed by atoms with van der Waals surface area (Å²) >= 11 is 0. The van der Waals surface area contributed by atoms with Gasteiger partial charge in [-0.15, -0.1) is 0 Å². The molecule has 0 bridgehead atoms. The molecule has 23 heavy (non-hydrogen) atoms. The third-order valence-corrected chi connectivity index (χ3v) is 3.65. The van der Waals surface area contributed by atoms with Crippen LogP contribution in [-0.4, -0.2) is 30.2 Å². The van der Waals surface area contributed by atoms with E-state index in [-0.39, 0.29) is 12.5 Å². The number of carbonyl (C=O) groups is 1. The number of carbonyl (C=O) groups excluding carboxylic acids is 1. The Balaban J connectivity index is 2.03. The Hall–Kier alpha value is -2.33. The first-order chi connectivity index (χ1) is 11.1. The number of hydrogen-bond donors (Lipinski definition) is 2. The van der Waals surface area contributed by atoms with Crippen molar-refractivity contribution in [2.24, 2.45) is 0 Å². The van der Waals surface area contributed by atoms with Gasteiger partial charge < -0.3 is 15.3 Å². The van der Waals surface area contributed by atoms with Crippen LogP contribution in [0.2, 0.25) is 0 Å². The molecule has 1 unspecified atom stereocenters. The van der Waals surface area contributed by atoms with Crippen molar-refractivity contribution in [3.05, 3.63) is 65.7 Å². The minimum absolute atomic E-state index is 0.163. The SMILES string of the molecule is CCN(Cc1ccccc1)c1ccc(C(=O)NCC(C)O)cc1. The molecule has 0 aliphatic carbocycles. The number of hydrogen-bond acceptors (Lipinski definition) is 3. The fraction of sp³-hybridized carbons (Fsp3) is 0.316. The minimum Gasteiger partial charge on any atom is -0.392 e. The molecule has 0 saturated carbocycles. The van der Waals surface area contributed by atoms with E-state index < -0.39 is 6.10 Å². The minimum atomic E-state index is -0.542. The van der Waals surface area contributed by atoms with Gasteiger partial charge in [0.05, 0.1) is 6.10 Å². The summed E-state index contributed by atoms with van der Waals surface area (Å²) in [7, 11) is 0. The zero-order valence-electron chi connectivity index (χ0n) is 13.7. The maximum absolute atomic E-state index is 12.0. The second kappa shape index (κ2) is 8.34. The predicted octanol–water partition coefficient (Wildman–Crippen LogP) is 2.82. The van der Waals surface area contributed by atoms with E-state index in [2.05, 4.69) is 29.3 Å². The lowest BCUT2D eigenvalue weighted by Crippen LogP contribution is -2.30. The van der Waals surface area contributed by atoms with Crippen molar-refractivity contribution in [3.63, 3.8) is 0 Å². The van der Waals surface area contributed by atoms with E-state index in [1.807, 2.05) is 42.5 Å². The second-order valence-electron chi connectivity index (χ2n) is 5.61. The molecule has 0 radical (unpaired) electrons. The first-order valence-corrected chi connectivity index (χ1v) is 7.95. The van der Waals surface area contributed by atoms with Gasteiger partial charge in [0.25, 0.3) is 5.91 Å². The Morgan fingerprint density at radius 3 is 2.35 bits per heavy atom. The van der Waals surface area contributed by atoms with Crippen molar-refractivity contribution in [2.45, 2.75) is 26.5 Å². The number of nitrogens with one attached hydrogen (secondary N) is 1. The lowest BCUT2D eigenvalue weighted by Gasteiger charge is -2.23. The van der Waals surface area contributed by atoms with E-state index in [0.29, 0.717) is 5.56 Å². The summed E-state index contributed by atoms with van der Waals surface area (Å²) in [4.78, 5) is 14.2. The molecule has 0 fully saturated rings. The van der Waals surface area contributed by atoms with Gasteiger partial charge in [0, 0.05) is 30.9 Å². The van der Waals surface area contributed by atoms with Crippen LogP contribution in [0.25, 0.3) is 0 Å². The third kappa shape index (κ3) is 5.11. The summed E-state index contributed by atoms with van der Waals surface area (Å²) in [5.41, 5.74) is 2.95. The van der Waals surface area contributed by atoms with Gasteiger partial charge in [-0.25, -0.2) is 0 Å². The number of rotatable bonds is 7. The fourth-order valence-electron chi connectivity index (χ4n) is 2.36. The van der Waals surface area contributed by atoms with E-state index in [9.17, 15) is 9.90 Å². The van der Waals surface area contributed by atoms with Crippen LogP contribution in [-0.2, 0) is 6.54 Å². The summed E-state index contributed by atoms with van der Waals surface area (Å²) < 4.78 is 0. The van der Waals surface area contributed by atoms with Crippen LogP contribution in [0.3, 0.4) is 0 Å². The standard InChI is InChI=1S/C19H24N2O2/c1-3-21(14-16-7-5-4-6-8-16)18-11-9-17(10-12-18)19(23)20-13-15(2)22/h4-12,15,22H,3,13-14H2,1-2H3,(H,20,23). The highest BCUT2D eigenvalue weighted by molar-refractivity contribution is 5.94. The van der Waals surface area contributed by atoms with Gasteiger partial charge in [-0.2, -0.15) is 0 Å². The predicted molar refractivity (Wildman–Crippen MR) is 93.6 cm³/mol. The number of nitrogens with zero attached hydrogens (tertiary/aromatic N) is 1. The van der Waals surface area contributed by atoms with Gasteiger partial charge in [0.15, 0.2) is 0 Å². The van der Waals surface area contributed by atoms with E-state index in [0.717, 1.165) is 18.8 Å². The molecule has 0 aromatic heterocycles. The fourth-order valence-corrected chi connectivity index (χ4v) is 2.36. The Morgan fingerprint density at radius 1 is 1.13 bits per heavy atom. The van der Waals surface area contributed by atoms with Gasteiger partial charge in [0.2, 0.25) is 0 Å². The first kappa shape index (κ1) is 17.0. The zero-order valence-corrected chi connectivity index (χ0v) is 13.7. The maximum Gasteiger partial charge on any atom is 0.251 e. The quantitative estimate of drug-likeness (QED) is 0.826. The van der Waals surface area contributed by atoms with Gasteiger partial charge in [-0.1, -0.05) is 30.3 Å². The van der Waals surface area contributed by atoms with Crippen molar-refractivity contribution >= 4 is 11.6 Å². The molecule has 2 N–H and O–H groups in total. The van der Waals surface area contributed by atoms with Crippen LogP contribution in [0.15, 0.2) is 54.6 Å². The lowest BCUT2D eigenvalue weighted by atomic mass is 10.1. The molecule has 4 nitrogen and oxygen atoms in total. The van der Waals surface area contributed by atoms with Crippen molar-refractivity contribution < 1.29 is 9.90 Å². The molecule has 2 aromatic carbocycles. The van der Waals surface area contributed by atoms with E-state index in [4.69, 9.17) is 0 Å². The highest BCUT2D eigenvalue weighted by Gasteiger charge is 2.09. The summed E-state index contributed by atoms with van der Waals surface area (Å²) in [6.07, 6.45) is -0.542. The van der Waals surface area contributed by atoms with Crippen molar-refractivity contribution in [1.29, 1.82) is 0 Å². The van der Waals surface area contributed by atoms with Crippen molar-refractivity contribution in [2.75, 3.05) is 18.0 Å². The monoisotopic (exact) mass is 312 g/mol. The number of benzene rings is 2. The average Bonchev–Trinajstić information content (AvgIpc) is 2.58. The normalized spacial score (nSPS) is 11.8. The summed E-state index contributed by atoms with van der Waals surface area (Å²) in [5.74, 6) is -0.163. The highest BCUT2D eigenvalue weighted by Crippen LogP contribution is 2.18. The molecule has 2 aromatic rings. The largest absolute Gasteiger partial charge is 0.392 e. The van der Waals surface area contributed by atoms with Crippen LogP contribution in [0.4, 0.5) is 5.69 Å². The Labute approximate surface area is 137 Å². The molecule has 0 aliphatic heterocycles. The molecule has 122 valence electrons. The highest BCUT2D eigenvalue weighted by atomic mass is 16.3. The molecule has 0 aliphatic rings. The maximum atomic E-state index is 12.0. The van der Waals surface area contributed by atoms with Gasteiger partial charge >= 0.3 is 0 Å². The van der Waals surface area contributed by atoms with Crippen molar-refractivity contribution in [3.8, 4) is 0 Å². The molecule has 0 heterocycles. The topological polar surface area (TPSA) is 52.6 Å². The molecule has 4 heteroatoms. The number of aliphatic hydroxyl groups excluding tert-OH is 1. The Morgan fingerprint density at radius 2 is 1.78 bits per heavy atom. The Bertz CT molecular complexity index is 609. The summed E-state index contributed by atoms with van der Waals surface area (Å²) in [6, 6.07) is 17.9. The smallest absolute Gasteiger partial charge is 0.251 e. The number of amides is 1. The van der Waals surface area contributed by atoms with Gasteiger partial charge in [-0.3, -0.25) is 4.79 Å². The van der Waals surface area contributed by atoms with Gasteiger partial charge in [0.1, 0.15) is 0 Å². The molecular formula is C19H24N2O2. The van der Waals surface area contributed by atoms with Crippen LogP contribution >= 0.6 is 0 Å². The van der Waals surface area contributed by atoms with Crippen LogP contribution in [0.5, 0.6) is 0 Å². The zero-order chi connectivity index (χ0) is 16.7. The molecular weight excluding hydrogens is 288 g/mol. The van der Waals surface area contributed by atoms with Crippen LogP contribution in [0.1, 0.15) is 29.8 Å². The number of anilines is 1. The molecule has 1 amide bonds. The third-order valence-electron chi connectivity index (χ3n) is 3.65. The summed E-state index contributed by atoms with van der Waals surface area (Å²) in [5, 5.41) is 11.9. The molecule has 2 rings (SSSR count). The van der Waals surface area contributed by atoms with E-state index >= 15 is 0 Å². The molecule has 0 saturated heterocycles.